The SMILES string of the molecule is CNC(=O)[C@@H]1CC[C@H](c2ccccc2)N1C(=O)c1ccc2cc(C(C)C)ccc2c1. The van der Waals surface area contributed by atoms with Crippen LogP contribution < -0.4 is 5.32 Å². The van der Waals surface area contributed by atoms with E-state index in [1.807, 2.05) is 48.5 Å². The van der Waals surface area contributed by atoms with Gasteiger partial charge < -0.3 is 10.2 Å². The standard InChI is InChI=1S/C26H28N2O2/c1-17(2)19-9-10-21-16-22(12-11-20(21)15-19)26(30)28-23(18-7-5-4-6-8-18)13-14-24(28)25(29)27-3/h4-12,15-17,23-24H,13-14H2,1-3H3,(H,27,29)/t23-,24+/m1/s1. The summed E-state index contributed by atoms with van der Waals surface area (Å²) in [5.74, 6) is 0.259. The molecule has 1 saturated heterocycles. The molecule has 0 aliphatic carbocycles. The highest BCUT2D eigenvalue weighted by molar-refractivity contribution is 6.01. The molecule has 1 aliphatic rings. The number of likely N-dealkylation sites (tertiary alicyclic amines) is 1. The Hall–Kier alpha value is -3.14. The van der Waals surface area contributed by atoms with Crippen LogP contribution in [-0.2, 0) is 4.79 Å². The van der Waals surface area contributed by atoms with Crippen LogP contribution in [0.5, 0.6) is 0 Å². The monoisotopic (exact) mass is 400 g/mol. The maximum atomic E-state index is 13.6. The molecule has 4 heteroatoms. The van der Waals surface area contributed by atoms with Crippen LogP contribution in [0.3, 0.4) is 0 Å². The maximum absolute atomic E-state index is 13.6. The summed E-state index contributed by atoms with van der Waals surface area (Å²) in [7, 11) is 1.63. The Morgan fingerprint density at radius 2 is 1.63 bits per heavy atom. The molecular weight excluding hydrogens is 372 g/mol. The Bertz CT molecular complexity index is 1070. The van der Waals surface area contributed by atoms with Crippen LogP contribution in [0.25, 0.3) is 10.8 Å². The van der Waals surface area contributed by atoms with Crippen molar-refractivity contribution in [2.24, 2.45) is 0 Å². The second-order valence-corrected chi connectivity index (χ2v) is 8.32. The van der Waals surface area contributed by atoms with Gasteiger partial charge in [0.1, 0.15) is 6.04 Å². The summed E-state index contributed by atoms with van der Waals surface area (Å²) < 4.78 is 0. The first-order valence-corrected chi connectivity index (χ1v) is 10.6. The predicted octanol–water partition coefficient (Wildman–Crippen LogP) is 5.06. The molecule has 2 atom stereocenters. The lowest BCUT2D eigenvalue weighted by Crippen LogP contribution is -2.45. The van der Waals surface area contributed by atoms with E-state index < -0.39 is 6.04 Å². The average molecular weight is 401 g/mol. The van der Waals surface area contributed by atoms with E-state index >= 15 is 0 Å². The first-order chi connectivity index (χ1) is 14.5. The topological polar surface area (TPSA) is 49.4 Å². The van der Waals surface area contributed by atoms with Gasteiger partial charge in [-0.05, 0) is 52.8 Å². The van der Waals surface area contributed by atoms with Gasteiger partial charge in [0.15, 0.2) is 0 Å². The molecule has 0 saturated carbocycles. The number of hydrogen-bond acceptors (Lipinski definition) is 2. The molecule has 1 fully saturated rings. The van der Waals surface area contributed by atoms with Crippen LogP contribution in [0.15, 0.2) is 66.7 Å². The number of likely N-dealkylation sites (N-methyl/N-ethyl adjacent to an activating group) is 1. The van der Waals surface area contributed by atoms with E-state index in [1.54, 1.807) is 11.9 Å². The molecule has 0 radical (unpaired) electrons. The highest BCUT2D eigenvalue weighted by Crippen LogP contribution is 2.37. The first-order valence-electron chi connectivity index (χ1n) is 10.6. The molecule has 0 spiro atoms. The molecule has 3 aromatic rings. The lowest BCUT2D eigenvalue weighted by molar-refractivity contribution is -0.124. The second-order valence-electron chi connectivity index (χ2n) is 8.32. The Kier molecular flexibility index (Phi) is 5.58. The Morgan fingerprint density at radius 1 is 0.933 bits per heavy atom. The number of fused-ring (bicyclic) bond motifs is 1. The maximum Gasteiger partial charge on any atom is 0.255 e. The zero-order chi connectivity index (χ0) is 21.3. The van der Waals surface area contributed by atoms with Gasteiger partial charge in [0.05, 0.1) is 6.04 Å². The summed E-state index contributed by atoms with van der Waals surface area (Å²) in [6.45, 7) is 4.35. The molecular formula is C26H28N2O2. The Balaban J connectivity index is 1.72. The summed E-state index contributed by atoms with van der Waals surface area (Å²) in [6.07, 6.45) is 1.44. The molecule has 0 aromatic heterocycles. The predicted molar refractivity (Wildman–Crippen MR) is 120 cm³/mol. The van der Waals surface area contributed by atoms with E-state index in [-0.39, 0.29) is 17.9 Å². The zero-order valence-corrected chi connectivity index (χ0v) is 17.8. The third-order valence-electron chi connectivity index (χ3n) is 6.13. The minimum atomic E-state index is -0.452. The molecule has 1 aliphatic heterocycles. The van der Waals surface area contributed by atoms with Crippen molar-refractivity contribution in [3.8, 4) is 0 Å². The third kappa shape index (κ3) is 3.70. The van der Waals surface area contributed by atoms with E-state index in [1.165, 1.54) is 5.56 Å². The summed E-state index contributed by atoms with van der Waals surface area (Å²) in [4.78, 5) is 27.9. The van der Waals surface area contributed by atoms with Crippen molar-refractivity contribution in [3.63, 3.8) is 0 Å². The number of carbonyl (C=O) groups excluding carboxylic acids is 2. The van der Waals surface area contributed by atoms with E-state index in [2.05, 4.69) is 37.4 Å². The number of rotatable bonds is 4. The van der Waals surface area contributed by atoms with Crippen molar-refractivity contribution in [3.05, 3.63) is 83.4 Å². The fourth-order valence-corrected chi connectivity index (χ4v) is 4.43. The summed E-state index contributed by atoms with van der Waals surface area (Å²) in [5, 5.41) is 4.89. The van der Waals surface area contributed by atoms with Crippen LogP contribution in [0.4, 0.5) is 0 Å². The molecule has 1 heterocycles. The molecule has 2 amide bonds. The van der Waals surface area contributed by atoms with Gasteiger partial charge >= 0.3 is 0 Å². The summed E-state index contributed by atoms with van der Waals surface area (Å²) in [6, 6.07) is 21.7. The lowest BCUT2D eigenvalue weighted by atomic mass is 9.98. The van der Waals surface area contributed by atoms with E-state index in [0.717, 1.165) is 22.8 Å². The van der Waals surface area contributed by atoms with Crippen LogP contribution in [0, 0.1) is 0 Å². The number of carbonyl (C=O) groups is 2. The molecule has 154 valence electrons. The van der Waals surface area contributed by atoms with Crippen molar-refractivity contribution >= 4 is 22.6 Å². The molecule has 1 N–H and O–H groups in total. The number of hydrogen-bond donors (Lipinski definition) is 1. The van der Waals surface area contributed by atoms with Gasteiger partial charge in [-0.15, -0.1) is 0 Å². The fourth-order valence-electron chi connectivity index (χ4n) is 4.43. The smallest absolute Gasteiger partial charge is 0.255 e. The highest BCUT2D eigenvalue weighted by atomic mass is 16.2. The molecule has 4 rings (SSSR count). The molecule has 0 unspecified atom stereocenters. The first kappa shape index (κ1) is 20.1. The Labute approximate surface area is 177 Å². The van der Waals surface area contributed by atoms with Crippen molar-refractivity contribution in [2.45, 2.75) is 44.7 Å². The number of nitrogens with zero attached hydrogens (tertiary/aromatic N) is 1. The van der Waals surface area contributed by atoms with Crippen molar-refractivity contribution in [2.75, 3.05) is 7.05 Å². The minimum Gasteiger partial charge on any atom is -0.357 e. The second kappa shape index (κ2) is 8.31. The number of amides is 2. The van der Waals surface area contributed by atoms with Crippen LogP contribution in [0.2, 0.25) is 0 Å². The quantitative estimate of drug-likeness (QED) is 0.666. The van der Waals surface area contributed by atoms with Gasteiger partial charge in [0.25, 0.3) is 5.91 Å². The number of nitrogens with one attached hydrogen (secondary N) is 1. The fraction of sp³-hybridized carbons (Fsp3) is 0.308. The van der Waals surface area contributed by atoms with Gasteiger partial charge in [-0.1, -0.05) is 68.4 Å². The summed E-state index contributed by atoms with van der Waals surface area (Å²) in [5.41, 5.74) is 2.97. The van der Waals surface area contributed by atoms with E-state index in [9.17, 15) is 9.59 Å². The minimum absolute atomic E-state index is 0.0928. The van der Waals surface area contributed by atoms with Gasteiger partial charge in [-0.2, -0.15) is 0 Å². The van der Waals surface area contributed by atoms with Gasteiger partial charge in [-0.3, -0.25) is 9.59 Å². The van der Waals surface area contributed by atoms with Crippen LogP contribution >= 0.6 is 0 Å². The van der Waals surface area contributed by atoms with Crippen molar-refractivity contribution in [1.29, 1.82) is 0 Å². The molecule has 4 nitrogen and oxygen atoms in total. The Morgan fingerprint density at radius 3 is 2.33 bits per heavy atom. The van der Waals surface area contributed by atoms with Gasteiger partial charge in [-0.25, -0.2) is 0 Å². The third-order valence-corrected chi connectivity index (χ3v) is 6.13. The van der Waals surface area contributed by atoms with Gasteiger partial charge in [0.2, 0.25) is 5.91 Å². The van der Waals surface area contributed by atoms with Crippen molar-refractivity contribution in [1.82, 2.24) is 10.2 Å². The van der Waals surface area contributed by atoms with Crippen LogP contribution in [0.1, 0.15) is 60.1 Å². The average Bonchev–Trinajstić information content (AvgIpc) is 3.23. The number of benzene rings is 3. The molecule has 30 heavy (non-hydrogen) atoms. The lowest BCUT2D eigenvalue weighted by Gasteiger charge is -2.30. The van der Waals surface area contributed by atoms with Crippen LogP contribution in [-0.4, -0.2) is 29.8 Å². The largest absolute Gasteiger partial charge is 0.357 e. The molecule has 3 aromatic carbocycles. The van der Waals surface area contributed by atoms with Crippen molar-refractivity contribution < 1.29 is 9.59 Å². The normalized spacial score (nSPS) is 18.7. The highest BCUT2D eigenvalue weighted by Gasteiger charge is 2.41. The van der Waals surface area contributed by atoms with Gasteiger partial charge in [0, 0.05) is 12.6 Å². The zero-order valence-electron chi connectivity index (χ0n) is 17.8. The van der Waals surface area contributed by atoms with E-state index in [0.29, 0.717) is 17.9 Å². The van der Waals surface area contributed by atoms with E-state index in [4.69, 9.17) is 0 Å². The molecule has 0 bridgehead atoms. The summed E-state index contributed by atoms with van der Waals surface area (Å²) >= 11 is 0.